The fraction of sp³-hybridized carbons (Fsp3) is 0.471. The number of hydrogen-bond acceptors (Lipinski definition) is 5. The molecule has 2 aromatic rings. The van der Waals surface area contributed by atoms with Crippen LogP contribution in [0.25, 0.3) is 0 Å². The number of carbonyl (C=O) groups excluding carboxylic acids is 1. The number of piperidine rings is 1. The van der Waals surface area contributed by atoms with Crippen LogP contribution in [0.5, 0.6) is 0 Å². The molecule has 1 N–H and O–H groups in total. The van der Waals surface area contributed by atoms with Gasteiger partial charge in [-0.25, -0.2) is 4.98 Å². The molecule has 0 unspecified atom stereocenters. The molecule has 23 heavy (non-hydrogen) atoms. The van der Waals surface area contributed by atoms with Gasteiger partial charge in [0.15, 0.2) is 0 Å². The fourth-order valence-corrected chi connectivity index (χ4v) is 2.94. The zero-order valence-electron chi connectivity index (χ0n) is 13.5. The lowest BCUT2D eigenvalue weighted by Crippen LogP contribution is -2.44. The van der Waals surface area contributed by atoms with E-state index in [2.05, 4.69) is 20.2 Å². The van der Waals surface area contributed by atoms with E-state index in [1.807, 2.05) is 26.0 Å². The molecule has 1 amide bonds. The Bertz CT molecular complexity index is 656. The summed E-state index contributed by atoms with van der Waals surface area (Å²) in [6, 6.07) is 3.70. The van der Waals surface area contributed by atoms with E-state index >= 15 is 0 Å². The standard InChI is InChI=1S/C17H22N4O2/c1-12-5-6-15(23-12)13(2)20-17(22)14-4-3-9-21(11-14)16-10-18-7-8-19-16/h5-8,10,13-14H,3-4,9,11H2,1-2H3,(H,20,22)/t13-,14-/m1/s1. The number of nitrogens with zero attached hydrogens (tertiary/aromatic N) is 3. The predicted octanol–water partition coefficient (Wildman–Crippen LogP) is 2.47. The maximum Gasteiger partial charge on any atom is 0.225 e. The third-order valence-electron chi connectivity index (χ3n) is 4.21. The summed E-state index contributed by atoms with van der Waals surface area (Å²) in [5.41, 5.74) is 0. The van der Waals surface area contributed by atoms with Gasteiger partial charge in [0, 0.05) is 25.5 Å². The molecule has 122 valence electrons. The summed E-state index contributed by atoms with van der Waals surface area (Å²) in [4.78, 5) is 23.1. The van der Waals surface area contributed by atoms with E-state index in [-0.39, 0.29) is 17.9 Å². The van der Waals surface area contributed by atoms with Crippen molar-refractivity contribution < 1.29 is 9.21 Å². The summed E-state index contributed by atoms with van der Waals surface area (Å²) in [6.45, 7) is 5.43. The van der Waals surface area contributed by atoms with Crippen LogP contribution in [0.3, 0.4) is 0 Å². The average Bonchev–Trinajstić information content (AvgIpc) is 3.02. The van der Waals surface area contributed by atoms with Crippen LogP contribution in [0.15, 0.2) is 35.1 Å². The number of furan rings is 1. The zero-order chi connectivity index (χ0) is 16.2. The van der Waals surface area contributed by atoms with Crippen molar-refractivity contribution in [2.75, 3.05) is 18.0 Å². The Labute approximate surface area is 135 Å². The van der Waals surface area contributed by atoms with Crippen LogP contribution in [0.1, 0.15) is 37.3 Å². The Morgan fingerprint density at radius 3 is 3.00 bits per heavy atom. The van der Waals surface area contributed by atoms with Crippen LogP contribution in [0, 0.1) is 12.8 Å². The summed E-state index contributed by atoms with van der Waals surface area (Å²) in [5, 5.41) is 3.06. The molecule has 1 saturated heterocycles. The SMILES string of the molecule is Cc1ccc([C@@H](C)NC(=O)[C@@H]2CCCN(c3cnccn3)C2)o1. The predicted molar refractivity (Wildman–Crippen MR) is 87.0 cm³/mol. The summed E-state index contributed by atoms with van der Waals surface area (Å²) < 4.78 is 5.58. The molecule has 6 heteroatoms. The molecule has 6 nitrogen and oxygen atoms in total. The van der Waals surface area contributed by atoms with Gasteiger partial charge >= 0.3 is 0 Å². The van der Waals surface area contributed by atoms with Gasteiger partial charge in [-0.3, -0.25) is 9.78 Å². The summed E-state index contributed by atoms with van der Waals surface area (Å²) in [7, 11) is 0. The highest BCUT2D eigenvalue weighted by Gasteiger charge is 2.27. The molecule has 0 saturated carbocycles. The molecule has 0 spiro atoms. The first kappa shape index (κ1) is 15.5. The molecular weight excluding hydrogens is 292 g/mol. The van der Waals surface area contributed by atoms with E-state index in [4.69, 9.17) is 4.42 Å². The number of anilines is 1. The highest BCUT2D eigenvalue weighted by molar-refractivity contribution is 5.79. The lowest BCUT2D eigenvalue weighted by Gasteiger charge is -2.33. The van der Waals surface area contributed by atoms with E-state index < -0.39 is 0 Å². The number of amides is 1. The Hall–Kier alpha value is -2.37. The third kappa shape index (κ3) is 3.70. The topological polar surface area (TPSA) is 71.3 Å². The maximum atomic E-state index is 12.6. The first-order chi connectivity index (χ1) is 11.1. The van der Waals surface area contributed by atoms with Crippen LogP contribution in [-0.2, 0) is 4.79 Å². The zero-order valence-corrected chi connectivity index (χ0v) is 13.5. The van der Waals surface area contributed by atoms with Crippen molar-refractivity contribution in [1.82, 2.24) is 15.3 Å². The first-order valence-corrected chi connectivity index (χ1v) is 8.01. The number of nitrogens with one attached hydrogen (secondary N) is 1. The van der Waals surface area contributed by atoms with Crippen molar-refractivity contribution in [2.45, 2.75) is 32.7 Å². The number of hydrogen-bond donors (Lipinski definition) is 1. The maximum absolute atomic E-state index is 12.6. The number of rotatable bonds is 4. The van der Waals surface area contributed by atoms with Crippen LogP contribution >= 0.6 is 0 Å². The van der Waals surface area contributed by atoms with Crippen molar-refractivity contribution >= 4 is 11.7 Å². The molecule has 0 aliphatic carbocycles. The normalized spacial score (nSPS) is 19.4. The third-order valence-corrected chi connectivity index (χ3v) is 4.21. The highest BCUT2D eigenvalue weighted by Crippen LogP contribution is 2.22. The van der Waals surface area contributed by atoms with E-state index in [1.54, 1.807) is 18.6 Å². The Balaban J connectivity index is 1.61. The smallest absolute Gasteiger partial charge is 0.225 e. The van der Waals surface area contributed by atoms with Gasteiger partial charge in [-0.15, -0.1) is 0 Å². The lowest BCUT2D eigenvalue weighted by molar-refractivity contribution is -0.126. The number of aromatic nitrogens is 2. The van der Waals surface area contributed by atoms with Gasteiger partial charge in [0.1, 0.15) is 17.3 Å². The van der Waals surface area contributed by atoms with Gasteiger partial charge in [0.25, 0.3) is 0 Å². The molecule has 1 fully saturated rings. The van der Waals surface area contributed by atoms with E-state index in [1.165, 1.54) is 0 Å². The van der Waals surface area contributed by atoms with Crippen molar-refractivity contribution in [3.63, 3.8) is 0 Å². The lowest BCUT2D eigenvalue weighted by atomic mass is 9.96. The highest BCUT2D eigenvalue weighted by atomic mass is 16.3. The molecule has 0 aromatic carbocycles. The quantitative estimate of drug-likeness (QED) is 0.938. The van der Waals surface area contributed by atoms with Crippen LogP contribution in [0.4, 0.5) is 5.82 Å². The minimum Gasteiger partial charge on any atom is -0.464 e. The minimum atomic E-state index is -0.122. The second-order valence-corrected chi connectivity index (χ2v) is 6.03. The Morgan fingerprint density at radius 2 is 2.30 bits per heavy atom. The fourth-order valence-electron chi connectivity index (χ4n) is 2.94. The van der Waals surface area contributed by atoms with Crippen molar-refractivity contribution in [1.29, 1.82) is 0 Å². The van der Waals surface area contributed by atoms with Gasteiger partial charge in [0.05, 0.1) is 18.2 Å². The monoisotopic (exact) mass is 314 g/mol. The van der Waals surface area contributed by atoms with Crippen molar-refractivity contribution in [2.24, 2.45) is 5.92 Å². The van der Waals surface area contributed by atoms with Gasteiger partial charge in [0.2, 0.25) is 5.91 Å². The molecule has 1 aliphatic rings. The largest absolute Gasteiger partial charge is 0.464 e. The second kappa shape index (κ2) is 6.81. The molecular formula is C17H22N4O2. The number of carbonyl (C=O) groups is 1. The molecule has 3 heterocycles. The second-order valence-electron chi connectivity index (χ2n) is 6.03. The van der Waals surface area contributed by atoms with Gasteiger partial charge < -0.3 is 14.6 Å². The van der Waals surface area contributed by atoms with Crippen LogP contribution in [0.2, 0.25) is 0 Å². The first-order valence-electron chi connectivity index (χ1n) is 8.01. The summed E-state index contributed by atoms with van der Waals surface area (Å²) >= 11 is 0. The van der Waals surface area contributed by atoms with Crippen LogP contribution in [-0.4, -0.2) is 29.0 Å². The van der Waals surface area contributed by atoms with Crippen LogP contribution < -0.4 is 10.2 Å². The Morgan fingerprint density at radius 1 is 1.43 bits per heavy atom. The molecule has 2 atom stereocenters. The van der Waals surface area contributed by atoms with E-state index in [0.717, 1.165) is 36.7 Å². The Kier molecular flexibility index (Phi) is 4.60. The molecule has 2 aromatic heterocycles. The molecule has 1 aliphatic heterocycles. The van der Waals surface area contributed by atoms with E-state index in [9.17, 15) is 4.79 Å². The molecule has 3 rings (SSSR count). The van der Waals surface area contributed by atoms with Crippen molar-refractivity contribution in [3.05, 3.63) is 42.2 Å². The average molecular weight is 314 g/mol. The summed E-state index contributed by atoms with van der Waals surface area (Å²) in [5.74, 6) is 2.51. The van der Waals surface area contributed by atoms with Gasteiger partial charge in [-0.2, -0.15) is 0 Å². The minimum absolute atomic E-state index is 0.0377. The summed E-state index contributed by atoms with van der Waals surface area (Å²) in [6.07, 6.45) is 6.95. The molecule has 0 radical (unpaired) electrons. The van der Waals surface area contributed by atoms with E-state index in [0.29, 0.717) is 6.54 Å². The van der Waals surface area contributed by atoms with Gasteiger partial charge in [-0.05, 0) is 38.8 Å². The molecule has 0 bridgehead atoms. The number of aryl methyl sites for hydroxylation is 1. The van der Waals surface area contributed by atoms with Gasteiger partial charge in [-0.1, -0.05) is 0 Å². The van der Waals surface area contributed by atoms with Crippen molar-refractivity contribution in [3.8, 4) is 0 Å².